The molecule has 1 aliphatic heterocycles. The first-order valence-corrected chi connectivity index (χ1v) is 13.4. The average Bonchev–Trinajstić information content (AvgIpc) is 2.90. The molecule has 1 aliphatic rings. The summed E-state index contributed by atoms with van der Waals surface area (Å²) in [4.78, 5) is 13.4. The van der Waals surface area contributed by atoms with Crippen LogP contribution in [0, 0.1) is 5.82 Å². The Morgan fingerprint density at radius 1 is 1.00 bits per heavy atom. The minimum atomic E-state index is -0.917. The summed E-state index contributed by atoms with van der Waals surface area (Å²) in [5.74, 6) is -0.264. The van der Waals surface area contributed by atoms with E-state index in [0.717, 1.165) is 49.7 Å². The molecule has 192 valence electrons. The van der Waals surface area contributed by atoms with Gasteiger partial charge in [0.05, 0.1) is 18.2 Å². The summed E-state index contributed by atoms with van der Waals surface area (Å²) in [5.41, 5.74) is 1.65. The minimum absolute atomic E-state index is 0.00397. The standard InChI is InChI=1S/C31H38FNO3/c1-3-5-18-31(19-6-4-2,26-14-11-23-9-7-8-10-25(23)21-26)36-29-22-33(30(34)35)20-17-28(29)24-12-15-27(32)16-13-24/h7-16,21,28-29H,3-6,17-20,22H2,1-2H3,(H,34,35). The van der Waals surface area contributed by atoms with Crippen LogP contribution >= 0.6 is 0 Å². The SMILES string of the molecule is CCCCC(CCCC)(OC1CN(C(=O)O)CCC1c1ccc(F)cc1)c1ccc2ccccc2c1. The van der Waals surface area contributed by atoms with E-state index in [9.17, 15) is 14.3 Å². The van der Waals surface area contributed by atoms with Crippen LogP contribution in [0.2, 0.25) is 0 Å². The van der Waals surface area contributed by atoms with E-state index in [1.165, 1.54) is 27.8 Å². The normalized spacial score (nSPS) is 18.5. The van der Waals surface area contributed by atoms with Gasteiger partial charge in [-0.25, -0.2) is 9.18 Å². The third kappa shape index (κ3) is 5.89. The number of amides is 1. The van der Waals surface area contributed by atoms with Crippen molar-refractivity contribution in [2.75, 3.05) is 13.1 Å². The lowest BCUT2D eigenvalue weighted by atomic mass is 9.81. The monoisotopic (exact) mass is 491 g/mol. The maximum atomic E-state index is 13.7. The largest absolute Gasteiger partial charge is 0.465 e. The highest BCUT2D eigenvalue weighted by molar-refractivity contribution is 5.83. The summed E-state index contributed by atoms with van der Waals surface area (Å²) in [6.07, 6.45) is 5.32. The second-order valence-corrected chi connectivity index (χ2v) is 10.1. The maximum absolute atomic E-state index is 13.7. The summed E-state index contributed by atoms with van der Waals surface area (Å²) >= 11 is 0. The third-order valence-electron chi connectivity index (χ3n) is 7.65. The summed E-state index contributed by atoms with van der Waals surface area (Å²) in [5, 5.41) is 12.2. The van der Waals surface area contributed by atoms with Crippen molar-refractivity contribution in [3.8, 4) is 0 Å². The molecule has 1 heterocycles. The van der Waals surface area contributed by atoms with Crippen LogP contribution in [0.5, 0.6) is 0 Å². The topological polar surface area (TPSA) is 49.8 Å². The lowest BCUT2D eigenvalue weighted by Crippen LogP contribution is -2.49. The molecular formula is C31H38FNO3. The van der Waals surface area contributed by atoms with Crippen molar-refractivity contribution in [3.05, 3.63) is 83.7 Å². The molecule has 1 saturated heterocycles. The van der Waals surface area contributed by atoms with Crippen LogP contribution in [0.3, 0.4) is 0 Å². The molecule has 1 fully saturated rings. The van der Waals surface area contributed by atoms with Crippen molar-refractivity contribution in [1.29, 1.82) is 0 Å². The van der Waals surface area contributed by atoms with Crippen molar-refractivity contribution >= 4 is 16.9 Å². The van der Waals surface area contributed by atoms with Gasteiger partial charge in [-0.15, -0.1) is 0 Å². The number of hydrogen-bond acceptors (Lipinski definition) is 2. The Morgan fingerprint density at radius 2 is 1.67 bits per heavy atom. The van der Waals surface area contributed by atoms with Crippen molar-refractivity contribution < 1.29 is 19.0 Å². The predicted octanol–water partition coefficient (Wildman–Crippen LogP) is 8.11. The lowest BCUT2D eigenvalue weighted by molar-refractivity contribution is -0.136. The van der Waals surface area contributed by atoms with Crippen molar-refractivity contribution in [2.24, 2.45) is 0 Å². The van der Waals surface area contributed by atoms with E-state index in [1.807, 2.05) is 12.1 Å². The van der Waals surface area contributed by atoms with Gasteiger partial charge >= 0.3 is 6.09 Å². The van der Waals surface area contributed by atoms with Crippen LogP contribution in [0.25, 0.3) is 10.8 Å². The first-order chi connectivity index (χ1) is 17.5. The first-order valence-electron chi connectivity index (χ1n) is 13.4. The van der Waals surface area contributed by atoms with Gasteiger partial charge in [0.2, 0.25) is 0 Å². The molecule has 3 aromatic carbocycles. The fourth-order valence-corrected chi connectivity index (χ4v) is 5.59. The van der Waals surface area contributed by atoms with E-state index < -0.39 is 11.7 Å². The van der Waals surface area contributed by atoms with Gasteiger partial charge in [0, 0.05) is 12.5 Å². The number of halogens is 1. The smallest absolute Gasteiger partial charge is 0.407 e. The minimum Gasteiger partial charge on any atom is -0.465 e. The molecule has 0 bridgehead atoms. The number of carbonyl (C=O) groups is 1. The molecule has 5 heteroatoms. The fourth-order valence-electron chi connectivity index (χ4n) is 5.59. The van der Waals surface area contributed by atoms with E-state index >= 15 is 0 Å². The van der Waals surface area contributed by atoms with Crippen molar-refractivity contribution in [3.63, 3.8) is 0 Å². The Bertz CT molecular complexity index is 1140. The molecule has 1 N–H and O–H groups in total. The average molecular weight is 492 g/mol. The number of benzene rings is 3. The molecule has 0 saturated carbocycles. The van der Waals surface area contributed by atoms with E-state index in [4.69, 9.17) is 4.74 Å². The van der Waals surface area contributed by atoms with Crippen molar-refractivity contribution in [1.82, 2.24) is 4.90 Å². The first kappa shape index (κ1) is 26.2. The fraction of sp³-hybridized carbons (Fsp3) is 0.452. The van der Waals surface area contributed by atoms with Crippen LogP contribution < -0.4 is 0 Å². The third-order valence-corrected chi connectivity index (χ3v) is 7.65. The van der Waals surface area contributed by atoms with Crippen LogP contribution in [0.4, 0.5) is 9.18 Å². The molecule has 0 radical (unpaired) electrons. The van der Waals surface area contributed by atoms with Crippen LogP contribution in [-0.4, -0.2) is 35.3 Å². The summed E-state index contributed by atoms with van der Waals surface area (Å²) < 4.78 is 20.9. The number of ether oxygens (including phenoxy) is 1. The molecule has 1 amide bonds. The highest BCUT2D eigenvalue weighted by atomic mass is 19.1. The summed E-state index contributed by atoms with van der Waals surface area (Å²) in [7, 11) is 0. The molecule has 36 heavy (non-hydrogen) atoms. The highest BCUT2D eigenvalue weighted by Crippen LogP contribution is 2.43. The lowest BCUT2D eigenvalue weighted by Gasteiger charge is -2.44. The summed E-state index contributed by atoms with van der Waals surface area (Å²) in [6.45, 7) is 5.15. The zero-order chi connectivity index (χ0) is 25.5. The Hall–Kier alpha value is -2.92. The van der Waals surface area contributed by atoms with Crippen LogP contribution in [0.1, 0.15) is 75.8 Å². The number of rotatable bonds is 10. The van der Waals surface area contributed by atoms with E-state index in [2.05, 4.69) is 56.3 Å². The number of hydrogen-bond donors (Lipinski definition) is 1. The zero-order valence-electron chi connectivity index (χ0n) is 21.5. The van der Waals surface area contributed by atoms with Gasteiger partial charge in [0.15, 0.2) is 0 Å². The van der Waals surface area contributed by atoms with E-state index in [1.54, 1.807) is 0 Å². The van der Waals surface area contributed by atoms with Crippen molar-refractivity contribution in [2.45, 2.75) is 76.4 Å². The van der Waals surface area contributed by atoms with Gasteiger partial charge < -0.3 is 14.7 Å². The number of nitrogens with zero attached hydrogens (tertiary/aromatic N) is 1. The predicted molar refractivity (Wildman–Crippen MR) is 143 cm³/mol. The van der Waals surface area contributed by atoms with E-state index in [0.29, 0.717) is 19.5 Å². The zero-order valence-corrected chi connectivity index (χ0v) is 21.5. The quantitative estimate of drug-likeness (QED) is 0.312. The van der Waals surface area contributed by atoms with Gasteiger partial charge in [-0.1, -0.05) is 88.1 Å². The summed E-state index contributed by atoms with van der Waals surface area (Å²) in [6, 6.07) is 21.6. The maximum Gasteiger partial charge on any atom is 0.407 e. The Kier molecular flexibility index (Phi) is 8.63. The molecule has 2 unspecified atom stereocenters. The molecule has 0 aromatic heterocycles. The van der Waals surface area contributed by atoms with Gasteiger partial charge in [-0.3, -0.25) is 0 Å². The van der Waals surface area contributed by atoms with E-state index in [-0.39, 0.29) is 17.8 Å². The Labute approximate surface area is 214 Å². The van der Waals surface area contributed by atoms with Gasteiger partial charge in [0.25, 0.3) is 0 Å². The molecule has 0 aliphatic carbocycles. The number of piperidine rings is 1. The molecular weight excluding hydrogens is 453 g/mol. The van der Waals surface area contributed by atoms with Crippen LogP contribution in [0.15, 0.2) is 66.7 Å². The molecule has 2 atom stereocenters. The molecule has 0 spiro atoms. The van der Waals surface area contributed by atoms with Gasteiger partial charge in [-0.05, 0) is 59.4 Å². The number of unbranched alkanes of at least 4 members (excludes halogenated alkanes) is 2. The Morgan fingerprint density at radius 3 is 2.31 bits per heavy atom. The second-order valence-electron chi connectivity index (χ2n) is 10.1. The molecule has 4 rings (SSSR count). The van der Waals surface area contributed by atoms with Gasteiger partial charge in [0.1, 0.15) is 5.82 Å². The number of fused-ring (bicyclic) bond motifs is 1. The van der Waals surface area contributed by atoms with Crippen LogP contribution in [-0.2, 0) is 10.3 Å². The second kappa shape index (κ2) is 11.9. The number of likely N-dealkylation sites (tertiary alicyclic amines) is 1. The Balaban J connectivity index is 1.77. The van der Waals surface area contributed by atoms with Gasteiger partial charge in [-0.2, -0.15) is 0 Å². The number of carboxylic acid groups (broad SMARTS) is 1. The molecule has 3 aromatic rings. The highest BCUT2D eigenvalue weighted by Gasteiger charge is 2.41. The molecule has 4 nitrogen and oxygen atoms in total.